The Morgan fingerprint density at radius 1 is 1.06 bits per heavy atom. The van der Waals surface area contributed by atoms with Crippen LogP contribution in [0.1, 0.15) is 12.0 Å². The van der Waals surface area contributed by atoms with Crippen molar-refractivity contribution < 1.29 is 36.0 Å². The number of hydrogen-bond acceptors (Lipinski definition) is 6. The fraction of sp³-hybridized carbons (Fsp3) is 0.286. The minimum Gasteiger partial charge on any atom is -0.406 e. The molecule has 0 unspecified atom stereocenters. The molecule has 0 fully saturated rings. The van der Waals surface area contributed by atoms with Crippen molar-refractivity contribution in [2.24, 2.45) is 0 Å². The number of nitrogens with one attached hydrogen (secondary N) is 2. The van der Waals surface area contributed by atoms with E-state index in [1.54, 1.807) is 6.08 Å². The maximum absolute atomic E-state index is 12.7. The van der Waals surface area contributed by atoms with E-state index in [4.69, 9.17) is 4.84 Å². The van der Waals surface area contributed by atoms with Crippen LogP contribution in [0.15, 0.2) is 71.3 Å². The van der Waals surface area contributed by atoms with Gasteiger partial charge >= 0.3 is 6.36 Å². The SMILES string of the molecule is O=C(CONC1=CCN(S(=O)(=O)c2ccc(OC(F)(F)F)cc2)CC1)NCc1ccccc1. The van der Waals surface area contributed by atoms with Crippen LogP contribution >= 0.6 is 0 Å². The minimum atomic E-state index is -4.86. The van der Waals surface area contributed by atoms with E-state index < -0.39 is 22.1 Å². The first-order valence-corrected chi connectivity index (χ1v) is 11.3. The third-order valence-corrected chi connectivity index (χ3v) is 6.49. The predicted molar refractivity (Wildman–Crippen MR) is 112 cm³/mol. The number of nitrogens with zero attached hydrogens (tertiary/aromatic N) is 1. The first kappa shape index (κ1) is 24.6. The van der Waals surface area contributed by atoms with E-state index in [1.165, 1.54) is 4.31 Å². The van der Waals surface area contributed by atoms with Crippen molar-refractivity contribution in [1.82, 2.24) is 15.1 Å². The van der Waals surface area contributed by atoms with Crippen molar-refractivity contribution in [3.63, 3.8) is 0 Å². The second-order valence-corrected chi connectivity index (χ2v) is 8.95. The molecule has 0 aliphatic carbocycles. The number of ether oxygens (including phenoxy) is 1. The smallest absolute Gasteiger partial charge is 0.406 e. The maximum atomic E-state index is 12.7. The Morgan fingerprint density at radius 2 is 1.76 bits per heavy atom. The lowest BCUT2D eigenvalue weighted by atomic mass is 10.2. The first-order valence-electron chi connectivity index (χ1n) is 9.87. The van der Waals surface area contributed by atoms with Gasteiger partial charge in [0.15, 0.2) is 6.61 Å². The van der Waals surface area contributed by atoms with Crippen molar-refractivity contribution >= 4 is 15.9 Å². The molecule has 2 N–H and O–H groups in total. The number of carbonyl (C=O) groups excluding carboxylic acids is 1. The quantitative estimate of drug-likeness (QED) is 0.531. The minimum absolute atomic E-state index is 0.0367. The van der Waals surface area contributed by atoms with Crippen molar-refractivity contribution in [2.45, 2.75) is 24.2 Å². The third kappa shape index (κ3) is 7.48. The molecule has 1 heterocycles. The van der Waals surface area contributed by atoms with Gasteiger partial charge in [-0.3, -0.25) is 15.1 Å². The summed E-state index contributed by atoms with van der Waals surface area (Å²) in [6, 6.07) is 13.4. The summed E-state index contributed by atoms with van der Waals surface area (Å²) >= 11 is 0. The Labute approximate surface area is 189 Å². The monoisotopic (exact) mass is 485 g/mol. The van der Waals surface area contributed by atoms with Gasteiger partial charge in [0.25, 0.3) is 0 Å². The van der Waals surface area contributed by atoms with Gasteiger partial charge in [-0.05, 0) is 35.9 Å². The van der Waals surface area contributed by atoms with E-state index in [2.05, 4.69) is 15.5 Å². The van der Waals surface area contributed by atoms with E-state index in [1.807, 2.05) is 30.3 Å². The van der Waals surface area contributed by atoms with Crippen LogP contribution in [0.25, 0.3) is 0 Å². The molecule has 33 heavy (non-hydrogen) atoms. The molecule has 0 saturated heterocycles. The molecule has 0 bridgehead atoms. The molecule has 2 aromatic rings. The average molecular weight is 485 g/mol. The van der Waals surface area contributed by atoms with Gasteiger partial charge < -0.3 is 10.1 Å². The Hall–Kier alpha value is -3.09. The van der Waals surface area contributed by atoms with E-state index in [9.17, 15) is 26.4 Å². The number of rotatable bonds is 9. The molecule has 0 spiro atoms. The summed E-state index contributed by atoms with van der Waals surface area (Å²) in [7, 11) is -3.89. The molecule has 12 heteroatoms. The second kappa shape index (κ2) is 10.7. The molecule has 0 atom stereocenters. The largest absolute Gasteiger partial charge is 0.573 e. The Bertz CT molecular complexity index is 1070. The van der Waals surface area contributed by atoms with Crippen LogP contribution in [0.2, 0.25) is 0 Å². The highest BCUT2D eigenvalue weighted by molar-refractivity contribution is 7.89. The summed E-state index contributed by atoms with van der Waals surface area (Å²) in [4.78, 5) is 16.9. The number of carbonyl (C=O) groups is 1. The Balaban J connectivity index is 1.45. The number of halogens is 3. The molecular weight excluding hydrogens is 463 g/mol. The highest BCUT2D eigenvalue weighted by Gasteiger charge is 2.31. The van der Waals surface area contributed by atoms with Gasteiger partial charge in [-0.1, -0.05) is 30.3 Å². The van der Waals surface area contributed by atoms with Gasteiger partial charge in [0, 0.05) is 31.8 Å². The van der Waals surface area contributed by atoms with Crippen molar-refractivity contribution in [1.29, 1.82) is 0 Å². The fourth-order valence-corrected chi connectivity index (χ4v) is 4.35. The Kier molecular flexibility index (Phi) is 7.95. The summed E-state index contributed by atoms with van der Waals surface area (Å²) in [5.74, 6) is -0.818. The van der Waals surface area contributed by atoms with Crippen LogP contribution in [-0.2, 0) is 26.2 Å². The van der Waals surface area contributed by atoms with Gasteiger partial charge in [-0.15, -0.1) is 13.2 Å². The lowest BCUT2D eigenvalue weighted by Gasteiger charge is -2.26. The van der Waals surface area contributed by atoms with Crippen molar-refractivity contribution in [2.75, 3.05) is 19.7 Å². The van der Waals surface area contributed by atoms with Gasteiger partial charge in [0.05, 0.1) is 4.90 Å². The summed E-state index contributed by atoms with van der Waals surface area (Å²) in [5, 5.41) is 2.72. The molecule has 0 radical (unpaired) electrons. The first-order chi connectivity index (χ1) is 15.6. The summed E-state index contributed by atoms with van der Waals surface area (Å²) in [6.45, 7) is 0.320. The number of hydrogen-bond donors (Lipinski definition) is 2. The maximum Gasteiger partial charge on any atom is 0.573 e. The van der Waals surface area contributed by atoms with Gasteiger partial charge in [0.2, 0.25) is 15.9 Å². The van der Waals surface area contributed by atoms with Crippen molar-refractivity contribution in [3.8, 4) is 5.75 Å². The molecule has 0 saturated carbocycles. The number of hydroxylamine groups is 1. The van der Waals surface area contributed by atoms with Gasteiger partial charge in [-0.2, -0.15) is 4.31 Å². The van der Waals surface area contributed by atoms with Crippen LogP contribution in [0.4, 0.5) is 13.2 Å². The van der Waals surface area contributed by atoms with Crippen LogP contribution in [0, 0.1) is 0 Å². The van der Waals surface area contributed by atoms with E-state index in [0.717, 1.165) is 29.8 Å². The molecule has 8 nitrogen and oxygen atoms in total. The average Bonchev–Trinajstić information content (AvgIpc) is 2.78. The predicted octanol–water partition coefficient (Wildman–Crippen LogP) is 2.70. The molecule has 1 aliphatic heterocycles. The van der Waals surface area contributed by atoms with Gasteiger partial charge in [-0.25, -0.2) is 8.42 Å². The molecule has 1 amide bonds. The number of benzene rings is 2. The standard InChI is InChI=1S/C21H22F3N3O5S/c22-21(23,24)32-18-6-8-19(9-7-18)33(29,30)27-12-10-17(11-13-27)26-31-15-20(28)25-14-16-4-2-1-3-5-16/h1-10,26H,11-15H2,(H,25,28). The molecule has 178 valence electrons. The van der Waals surface area contributed by atoms with Crippen LogP contribution in [0.5, 0.6) is 5.75 Å². The molecule has 2 aromatic carbocycles. The third-order valence-electron chi connectivity index (χ3n) is 4.61. The molecule has 1 aliphatic rings. The zero-order valence-corrected chi connectivity index (χ0v) is 18.2. The highest BCUT2D eigenvalue weighted by atomic mass is 32.2. The molecule has 0 aromatic heterocycles. The van der Waals surface area contributed by atoms with E-state index in [0.29, 0.717) is 18.7 Å². The van der Waals surface area contributed by atoms with Gasteiger partial charge in [0.1, 0.15) is 5.75 Å². The molecular formula is C21H22F3N3O5S. The highest BCUT2D eigenvalue weighted by Crippen LogP contribution is 2.26. The van der Waals surface area contributed by atoms with Crippen molar-refractivity contribution in [3.05, 3.63) is 71.9 Å². The number of alkyl halides is 3. The van der Waals surface area contributed by atoms with Crippen LogP contribution in [0.3, 0.4) is 0 Å². The normalized spacial score (nSPS) is 14.9. The summed E-state index contributed by atoms with van der Waals surface area (Å²) in [6.07, 6.45) is -2.95. The van der Waals surface area contributed by atoms with Crippen LogP contribution < -0.4 is 15.5 Å². The van der Waals surface area contributed by atoms with E-state index >= 15 is 0 Å². The number of sulfonamides is 1. The molecule has 3 rings (SSSR count). The lowest BCUT2D eigenvalue weighted by molar-refractivity contribution is -0.274. The zero-order valence-electron chi connectivity index (χ0n) is 17.3. The Morgan fingerprint density at radius 3 is 2.36 bits per heavy atom. The van der Waals surface area contributed by atoms with Crippen LogP contribution in [-0.4, -0.2) is 44.7 Å². The summed E-state index contributed by atoms with van der Waals surface area (Å²) in [5.41, 5.74) is 4.22. The lowest BCUT2D eigenvalue weighted by Crippen LogP contribution is -2.37. The zero-order chi connectivity index (χ0) is 23.9. The topological polar surface area (TPSA) is 97.0 Å². The second-order valence-electron chi connectivity index (χ2n) is 7.01. The fourth-order valence-electron chi connectivity index (χ4n) is 2.97. The number of amides is 1. The summed E-state index contributed by atoms with van der Waals surface area (Å²) < 4.78 is 67.1. The van der Waals surface area contributed by atoms with E-state index in [-0.39, 0.29) is 30.5 Å².